The largest absolute Gasteiger partial charge is 0.490 e. The molecule has 1 rings (SSSR count). The van der Waals surface area contributed by atoms with Crippen LogP contribution < -0.4 is 10.1 Å². The van der Waals surface area contributed by atoms with Gasteiger partial charge in [0.15, 0.2) is 5.78 Å². The molecule has 6 nitrogen and oxygen atoms in total. The highest BCUT2D eigenvalue weighted by molar-refractivity contribution is 5.95. The van der Waals surface area contributed by atoms with Crippen molar-refractivity contribution in [2.24, 2.45) is 0 Å². The van der Waals surface area contributed by atoms with E-state index in [0.29, 0.717) is 36.1 Å². The molecule has 0 radical (unpaired) electrons. The molecule has 2 N–H and O–H groups in total. The summed E-state index contributed by atoms with van der Waals surface area (Å²) in [5, 5.41) is 20.7. The number of hydrogen-bond donors (Lipinski definition) is 2. The summed E-state index contributed by atoms with van der Waals surface area (Å²) in [5.41, 5.74) is 0.707. The molecule has 6 heteroatoms. The topological polar surface area (TPSA) is 99.4 Å². The van der Waals surface area contributed by atoms with Crippen molar-refractivity contribution >= 4 is 11.7 Å². The van der Waals surface area contributed by atoms with Crippen LogP contribution in [0.15, 0.2) is 18.2 Å². The second kappa shape index (κ2) is 9.68. The average molecular weight is 332 g/mol. The summed E-state index contributed by atoms with van der Waals surface area (Å²) in [6, 6.07) is 6.68. The van der Waals surface area contributed by atoms with Crippen LogP contribution >= 0.6 is 0 Å². The fourth-order valence-electron chi connectivity index (χ4n) is 2.18. The Morgan fingerprint density at radius 3 is 2.62 bits per heavy atom. The van der Waals surface area contributed by atoms with Crippen LogP contribution in [0, 0.1) is 11.3 Å². The Kier molecular flexibility index (Phi) is 7.93. The molecule has 0 fully saturated rings. The Hall–Kier alpha value is -2.39. The molecule has 0 heterocycles. The highest BCUT2D eigenvalue weighted by Crippen LogP contribution is 2.20. The lowest BCUT2D eigenvalue weighted by atomic mass is 10.1. The van der Waals surface area contributed by atoms with Crippen LogP contribution in [0.4, 0.5) is 0 Å². The predicted molar refractivity (Wildman–Crippen MR) is 89.8 cm³/mol. The van der Waals surface area contributed by atoms with Crippen molar-refractivity contribution in [3.05, 3.63) is 29.3 Å². The lowest BCUT2D eigenvalue weighted by Crippen LogP contribution is -2.32. The third-order valence-corrected chi connectivity index (χ3v) is 3.37. The van der Waals surface area contributed by atoms with Crippen molar-refractivity contribution in [3.8, 4) is 11.8 Å². The van der Waals surface area contributed by atoms with Gasteiger partial charge >= 0.3 is 0 Å². The van der Waals surface area contributed by atoms with Gasteiger partial charge < -0.3 is 15.2 Å². The molecule has 0 spiro atoms. The molecule has 0 aromatic heterocycles. The summed E-state index contributed by atoms with van der Waals surface area (Å²) in [6.07, 6.45) is 1.48. The summed E-state index contributed by atoms with van der Waals surface area (Å²) >= 11 is 0. The molecule has 1 amide bonds. The van der Waals surface area contributed by atoms with Gasteiger partial charge in [-0.2, -0.15) is 5.26 Å². The van der Waals surface area contributed by atoms with Gasteiger partial charge in [0.05, 0.1) is 11.7 Å². The number of amides is 1. The van der Waals surface area contributed by atoms with Gasteiger partial charge in [0.2, 0.25) is 0 Å². The molecule has 0 aliphatic heterocycles. The smallest absolute Gasteiger partial charge is 0.251 e. The molecule has 0 aliphatic carbocycles. The number of benzene rings is 1. The molecule has 1 atom stereocenters. The predicted octanol–water partition coefficient (Wildman–Crippen LogP) is 2.20. The lowest BCUT2D eigenvalue weighted by molar-refractivity contribution is -0.121. The molecule has 130 valence electrons. The maximum absolute atomic E-state index is 12.2. The zero-order valence-electron chi connectivity index (χ0n) is 14.3. The monoisotopic (exact) mass is 332 g/mol. The van der Waals surface area contributed by atoms with Crippen LogP contribution in [0.3, 0.4) is 0 Å². The van der Waals surface area contributed by atoms with Crippen molar-refractivity contribution in [2.75, 3.05) is 6.61 Å². The number of rotatable bonds is 9. The van der Waals surface area contributed by atoms with Gasteiger partial charge in [0.1, 0.15) is 18.4 Å². The number of carbonyl (C=O) groups is 2. The number of hydrogen-bond acceptors (Lipinski definition) is 5. The second-order valence-corrected chi connectivity index (χ2v) is 5.95. The van der Waals surface area contributed by atoms with Gasteiger partial charge in [-0.1, -0.05) is 0 Å². The second-order valence-electron chi connectivity index (χ2n) is 5.95. The Bertz CT molecular complexity index is 620. The summed E-state index contributed by atoms with van der Waals surface area (Å²) in [5.74, 6) is -0.0175. The minimum atomic E-state index is -0.442. The zero-order valence-corrected chi connectivity index (χ0v) is 14.3. The maximum Gasteiger partial charge on any atom is 0.251 e. The number of nitrogens with one attached hydrogen (secondary N) is 1. The summed E-state index contributed by atoms with van der Waals surface area (Å²) in [4.78, 5) is 23.3. The third-order valence-electron chi connectivity index (χ3n) is 3.37. The van der Waals surface area contributed by atoms with Crippen LogP contribution in [0.5, 0.6) is 5.75 Å². The molecule has 24 heavy (non-hydrogen) atoms. The fraction of sp³-hybridized carbons (Fsp3) is 0.500. The first-order valence-corrected chi connectivity index (χ1v) is 8.01. The normalized spacial score (nSPS) is 11.7. The quantitative estimate of drug-likeness (QED) is 0.722. The van der Waals surface area contributed by atoms with Gasteiger partial charge in [0, 0.05) is 18.0 Å². The van der Waals surface area contributed by atoms with E-state index in [2.05, 4.69) is 5.32 Å². The molecule has 0 saturated heterocycles. The third kappa shape index (κ3) is 6.39. The Labute approximate surface area is 142 Å². The van der Waals surface area contributed by atoms with Crippen molar-refractivity contribution in [1.82, 2.24) is 5.32 Å². The SMILES string of the molecule is CC(CCCC(=O)CO)NC(=O)c1ccc(OC(C)C)c(C#N)c1. The van der Waals surface area contributed by atoms with Crippen LogP contribution in [0.25, 0.3) is 0 Å². The van der Waals surface area contributed by atoms with Crippen LogP contribution in [0.2, 0.25) is 0 Å². The minimum Gasteiger partial charge on any atom is -0.490 e. The number of aliphatic hydroxyl groups excluding tert-OH is 1. The molecule has 0 bridgehead atoms. The van der Waals surface area contributed by atoms with Gasteiger partial charge in [-0.3, -0.25) is 9.59 Å². The molecule has 0 aliphatic rings. The van der Waals surface area contributed by atoms with Crippen molar-refractivity contribution in [3.63, 3.8) is 0 Å². The maximum atomic E-state index is 12.2. The number of carbonyl (C=O) groups excluding carboxylic acids is 2. The molecular weight excluding hydrogens is 308 g/mol. The van der Waals surface area contributed by atoms with Gasteiger partial charge in [0.25, 0.3) is 5.91 Å². The molecular formula is C18H24N2O4. The Balaban J connectivity index is 2.64. The minimum absolute atomic E-state index is 0.0570. The number of ketones is 1. The first-order valence-electron chi connectivity index (χ1n) is 8.01. The number of nitrogens with zero attached hydrogens (tertiary/aromatic N) is 1. The number of nitriles is 1. The van der Waals surface area contributed by atoms with Crippen LogP contribution in [0.1, 0.15) is 56.0 Å². The summed E-state index contributed by atoms with van der Waals surface area (Å²) in [6.45, 7) is 5.14. The van der Waals surface area contributed by atoms with E-state index in [-0.39, 0.29) is 23.8 Å². The highest BCUT2D eigenvalue weighted by Gasteiger charge is 2.14. The van der Waals surface area contributed by atoms with E-state index in [1.165, 1.54) is 6.07 Å². The van der Waals surface area contributed by atoms with Crippen LogP contribution in [-0.2, 0) is 4.79 Å². The van der Waals surface area contributed by atoms with Crippen LogP contribution in [-0.4, -0.2) is 35.5 Å². The average Bonchev–Trinajstić information content (AvgIpc) is 2.54. The first-order chi connectivity index (χ1) is 11.4. The van der Waals surface area contributed by atoms with E-state index in [4.69, 9.17) is 9.84 Å². The number of aliphatic hydroxyl groups is 1. The molecule has 1 aromatic carbocycles. The lowest BCUT2D eigenvalue weighted by Gasteiger charge is -2.15. The van der Waals surface area contributed by atoms with Crippen molar-refractivity contribution in [2.45, 2.75) is 52.2 Å². The standard InChI is InChI=1S/C18H24N2O4/c1-12(2)24-17-8-7-14(9-15(17)10-19)18(23)20-13(3)5-4-6-16(22)11-21/h7-9,12-13,21H,4-6,11H2,1-3H3,(H,20,23). The zero-order chi connectivity index (χ0) is 18.1. The molecule has 1 aromatic rings. The van der Waals surface area contributed by atoms with E-state index in [9.17, 15) is 14.9 Å². The Morgan fingerprint density at radius 2 is 2.04 bits per heavy atom. The summed E-state index contributed by atoms with van der Waals surface area (Å²) in [7, 11) is 0. The number of Topliss-reactive ketones (excluding diaryl/α,β-unsaturated/α-hetero) is 1. The fourth-order valence-corrected chi connectivity index (χ4v) is 2.18. The highest BCUT2D eigenvalue weighted by atomic mass is 16.5. The number of ether oxygens (including phenoxy) is 1. The van der Waals surface area contributed by atoms with Crippen molar-refractivity contribution < 1.29 is 19.4 Å². The van der Waals surface area contributed by atoms with Gasteiger partial charge in [-0.15, -0.1) is 0 Å². The van der Waals surface area contributed by atoms with E-state index < -0.39 is 6.61 Å². The van der Waals surface area contributed by atoms with E-state index in [1.807, 2.05) is 26.8 Å². The van der Waals surface area contributed by atoms with Gasteiger partial charge in [-0.05, 0) is 51.8 Å². The van der Waals surface area contributed by atoms with Crippen molar-refractivity contribution in [1.29, 1.82) is 5.26 Å². The van der Waals surface area contributed by atoms with Gasteiger partial charge in [-0.25, -0.2) is 0 Å². The van der Waals surface area contributed by atoms with E-state index in [0.717, 1.165) is 0 Å². The molecule has 1 unspecified atom stereocenters. The van der Waals surface area contributed by atoms with E-state index >= 15 is 0 Å². The Morgan fingerprint density at radius 1 is 1.33 bits per heavy atom. The summed E-state index contributed by atoms with van der Waals surface area (Å²) < 4.78 is 5.53. The molecule has 0 saturated carbocycles. The first kappa shape index (κ1) is 19.7. The van der Waals surface area contributed by atoms with E-state index in [1.54, 1.807) is 12.1 Å².